The zero-order chi connectivity index (χ0) is 17.3. The number of nitrogens with one attached hydrogen (secondary N) is 2. The van der Waals surface area contributed by atoms with E-state index in [-0.39, 0.29) is 0 Å². The van der Waals surface area contributed by atoms with Crippen LogP contribution in [0.25, 0.3) is 0 Å². The van der Waals surface area contributed by atoms with Crippen LogP contribution in [0.15, 0.2) is 4.99 Å². The molecule has 132 valence electrons. The molecule has 0 saturated carbocycles. The van der Waals surface area contributed by atoms with Crippen LogP contribution in [0.5, 0.6) is 0 Å². The maximum Gasteiger partial charge on any atom is 0.191 e. The molecule has 1 heterocycles. The average molecular weight is 341 g/mol. The normalized spacial score (nSPS) is 12.5. The van der Waals surface area contributed by atoms with E-state index in [0.29, 0.717) is 13.1 Å². The lowest BCUT2D eigenvalue weighted by Crippen LogP contribution is -2.47. The molecule has 0 saturated heterocycles. The highest BCUT2D eigenvalue weighted by atomic mass is 32.1. The third kappa shape index (κ3) is 6.87. The Balaban J connectivity index is 2.69. The fourth-order valence-electron chi connectivity index (χ4n) is 2.69. The van der Waals surface area contributed by atoms with Crippen molar-refractivity contribution < 1.29 is 5.11 Å². The summed E-state index contributed by atoms with van der Waals surface area (Å²) in [5.74, 6) is 0.753. The highest BCUT2D eigenvalue weighted by molar-refractivity contribution is 7.11. The number of aromatic nitrogens is 1. The van der Waals surface area contributed by atoms with E-state index in [4.69, 9.17) is 0 Å². The zero-order valence-corrected chi connectivity index (χ0v) is 16.0. The Hall–Kier alpha value is -1.14. The molecule has 0 amide bonds. The largest absolute Gasteiger partial charge is 0.388 e. The average Bonchev–Trinajstić information content (AvgIpc) is 2.80. The topological polar surface area (TPSA) is 69.5 Å². The van der Waals surface area contributed by atoms with E-state index >= 15 is 0 Å². The zero-order valence-electron chi connectivity index (χ0n) is 15.2. The molecule has 5 nitrogen and oxygen atoms in total. The van der Waals surface area contributed by atoms with Gasteiger partial charge in [-0.25, -0.2) is 9.98 Å². The van der Waals surface area contributed by atoms with Gasteiger partial charge in [-0.15, -0.1) is 11.3 Å². The second-order valence-electron chi connectivity index (χ2n) is 6.01. The molecule has 0 aliphatic rings. The van der Waals surface area contributed by atoms with Gasteiger partial charge in [0, 0.05) is 18.0 Å². The van der Waals surface area contributed by atoms with Gasteiger partial charge in [-0.1, -0.05) is 26.7 Å². The van der Waals surface area contributed by atoms with Crippen LogP contribution >= 0.6 is 11.3 Å². The van der Waals surface area contributed by atoms with E-state index in [9.17, 15) is 5.11 Å². The van der Waals surface area contributed by atoms with Crippen LogP contribution in [0.2, 0.25) is 0 Å². The number of hydrogen-bond acceptors (Lipinski definition) is 4. The molecule has 0 aromatic carbocycles. The van der Waals surface area contributed by atoms with Crippen LogP contribution < -0.4 is 10.6 Å². The third-order valence-corrected chi connectivity index (χ3v) is 4.80. The first kappa shape index (κ1) is 19.9. The van der Waals surface area contributed by atoms with Gasteiger partial charge in [0.25, 0.3) is 0 Å². The van der Waals surface area contributed by atoms with Gasteiger partial charge in [0.2, 0.25) is 0 Å². The van der Waals surface area contributed by atoms with Crippen molar-refractivity contribution in [2.75, 3.05) is 13.1 Å². The minimum Gasteiger partial charge on any atom is -0.388 e. The molecule has 1 aromatic heterocycles. The molecule has 0 bridgehead atoms. The summed E-state index contributed by atoms with van der Waals surface area (Å²) in [4.78, 5) is 10.3. The van der Waals surface area contributed by atoms with E-state index in [1.54, 1.807) is 11.3 Å². The van der Waals surface area contributed by atoms with Gasteiger partial charge in [0.15, 0.2) is 5.96 Å². The van der Waals surface area contributed by atoms with Gasteiger partial charge >= 0.3 is 0 Å². The van der Waals surface area contributed by atoms with Crippen molar-refractivity contribution in [1.82, 2.24) is 15.6 Å². The molecule has 0 spiro atoms. The number of aliphatic imine (C=N–C) groups is 1. The highest BCUT2D eigenvalue weighted by Crippen LogP contribution is 2.19. The Morgan fingerprint density at radius 1 is 1.17 bits per heavy atom. The molecule has 0 fully saturated rings. The molecule has 1 rings (SSSR count). The summed E-state index contributed by atoms with van der Waals surface area (Å²) in [5, 5.41) is 18.3. The molecule has 23 heavy (non-hydrogen) atoms. The summed E-state index contributed by atoms with van der Waals surface area (Å²) in [6.45, 7) is 12.2. The van der Waals surface area contributed by atoms with Crippen molar-refractivity contribution in [2.24, 2.45) is 4.99 Å². The van der Waals surface area contributed by atoms with E-state index < -0.39 is 5.60 Å². The Morgan fingerprint density at radius 2 is 1.83 bits per heavy atom. The summed E-state index contributed by atoms with van der Waals surface area (Å²) in [5.41, 5.74) is 0.400. The van der Waals surface area contributed by atoms with Gasteiger partial charge in [-0.2, -0.15) is 0 Å². The molecule has 0 unspecified atom stereocenters. The quantitative estimate of drug-likeness (QED) is 0.477. The number of guanidine groups is 1. The Bertz CT molecular complexity index is 493. The summed E-state index contributed by atoms with van der Waals surface area (Å²) in [6, 6.07) is 0. The first-order chi connectivity index (χ1) is 10.9. The third-order valence-electron chi connectivity index (χ3n) is 3.74. The molecular formula is C17H32N4OS. The Morgan fingerprint density at radius 3 is 2.30 bits per heavy atom. The molecule has 0 aliphatic carbocycles. The molecule has 0 atom stereocenters. The number of aliphatic hydroxyl groups is 1. The summed E-state index contributed by atoms with van der Waals surface area (Å²) >= 11 is 1.69. The van der Waals surface area contributed by atoms with Crippen LogP contribution in [0.1, 0.15) is 62.0 Å². The second-order valence-corrected chi connectivity index (χ2v) is 7.30. The van der Waals surface area contributed by atoms with Crippen molar-refractivity contribution >= 4 is 17.3 Å². The van der Waals surface area contributed by atoms with Crippen LogP contribution in [0.4, 0.5) is 0 Å². The maximum atomic E-state index is 10.7. The number of nitrogens with zero attached hydrogens (tertiary/aromatic N) is 2. The van der Waals surface area contributed by atoms with Crippen molar-refractivity contribution in [2.45, 2.75) is 72.4 Å². The van der Waals surface area contributed by atoms with Crippen LogP contribution in [0.3, 0.4) is 0 Å². The number of aryl methyl sites for hydroxylation is 2. The smallest absolute Gasteiger partial charge is 0.191 e. The Kier molecular flexibility index (Phi) is 8.55. The minimum absolute atomic E-state index is 0.529. The van der Waals surface area contributed by atoms with Gasteiger partial charge < -0.3 is 15.7 Å². The van der Waals surface area contributed by atoms with E-state index in [1.807, 2.05) is 20.8 Å². The first-order valence-corrected chi connectivity index (χ1v) is 9.43. The summed E-state index contributed by atoms with van der Waals surface area (Å²) < 4.78 is 0. The van der Waals surface area contributed by atoms with Crippen molar-refractivity contribution in [3.05, 3.63) is 15.6 Å². The van der Waals surface area contributed by atoms with Gasteiger partial charge in [-0.3, -0.25) is 0 Å². The lowest BCUT2D eigenvalue weighted by atomic mass is 9.93. The van der Waals surface area contributed by atoms with E-state index in [1.165, 1.54) is 4.88 Å². The molecule has 0 radical (unpaired) electrons. The van der Waals surface area contributed by atoms with Gasteiger partial charge in [0.05, 0.1) is 22.8 Å². The summed E-state index contributed by atoms with van der Waals surface area (Å²) in [7, 11) is 0. The SMILES string of the molecule is CCCC(O)(CCC)CNC(=NCc1sc(C)nc1C)NCC. The lowest BCUT2D eigenvalue weighted by Gasteiger charge is -2.28. The van der Waals surface area contributed by atoms with Crippen LogP contribution in [0, 0.1) is 13.8 Å². The predicted molar refractivity (Wildman–Crippen MR) is 99.2 cm³/mol. The molecule has 1 aromatic rings. The van der Waals surface area contributed by atoms with E-state index in [2.05, 4.69) is 34.5 Å². The van der Waals surface area contributed by atoms with Crippen molar-refractivity contribution in [3.63, 3.8) is 0 Å². The molecule has 6 heteroatoms. The fourth-order valence-corrected chi connectivity index (χ4v) is 3.56. The molecule has 0 aliphatic heterocycles. The van der Waals surface area contributed by atoms with Crippen molar-refractivity contribution in [1.29, 1.82) is 0 Å². The summed E-state index contributed by atoms with van der Waals surface area (Å²) in [6.07, 6.45) is 3.57. The number of hydrogen-bond donors (Lipinski definition) is 3. The monoisotopic (exact) mass is 340 g/mol. The second kappa shape index (κ2) is 9.88. The van der Waals surface area contributed by atoms with Crippen LogP contribution in [-0.4, -0.2) is 34.7 Å². The van der Waals surface area contributed by atoms with Crippen molar-refractivity contribution in [3.8, 4) is 0 Å². The van der Waals surface area contributed by atoms with Crippen LogP contribution in [-0.2, 0) is 6.54 Å². The number of rotatable bonds is 9. The highest BCUT2D eigenvalue weighted by Gasteiger charge is 2.24. The minimum atomic E-state index is -0.656. The lowest BCUT2D eigenvalue weighted by molar-refractivity contribution is 0.0257. The predicted octanol–water partition coefficient (Wildman–Crippen LogP) is 3.15. The van der Waals surface area contributed by atoms with Gasteiger partial charge in [0.1, 0.15) is 0 Å². The Labute approximate surface area is 144 Å². The first-order valence-electron chi connectivity index (χ1n) is 8.61. The fraction of sp³-hybridized carbons (Fsp3) is 0.765. The standard InChI is InChI=1S/C17H32N4OS/c1-6-9-17(22,10-7-2)12-20-16(18-8-3)19-11-15-13(4)21-14(5)23-15/h22H,6-12H2,1-5H3,(H2,18,19,20). The maximum absolute atomic E-state index is 10.7. The number of thiazole rings is 1. The molecular weight excluding hydrogens is 308 g/mol. The molecule has 3 N–H and O–H groups in total. The van der Waals surface area contributed by atoms with Gasteiger partial charge in [-0.05, 0) is 33.6 Å². The van der Waals surface area contributed by atoms with E-state index in [0.717, 1.165) is 48.9 Å².